The lowest BCUT2D eigenvalue weighted by Crippen LogP contribution is -2.29. The molecule has 23 heavy (non-hydrogen) atoms. The largest absolute Gasteiger partial charge is 0.316 e. The average Bonchev–Trinajstić information content (AvgIpc) is 2.83. The van der Waals surface area contributed by atoms with Crippen molar-refractivity contribution in [3.63, 3.8) is 0 Å². The molecule has 1 atom stereocenters. The maximum absolute atomic E-state index is 12.5. The van der Waals surface area contributed by atoms with Crippen molar-refractivity contribution in [2.75, 3.05) is 39.3 Å². The zero-order valence-electron chi connectivity index (χ0n) is 13.8. The molecular formula is C16H27F2N5. The lowest BCUT2D eigenvalue weighted by atomic mass is 9.98. The van der Waals surface area contributed by atoms with Crippen LogP contribution in [0.1, 0.15) is 26.2 Å². The third-order valence-corrected chi connectivity index (χ3v) is 4.36. The van der Waals surface area contributed by atoms with Crippen molar-refractivity contribution in [2.24, 2.45) is 10.9 Å². The highest BCUT2D eigenvalue weighted by Gasteiger charge is 2.19. The molecule has 0 amide bonds. The number of rotatable bonds is 7. The SMILES string of the molecule is CC(CCCN1CCCNCC1)C(=N)/C=C1\CN(C(F)F)C=N1. The molecule has 0 bridgehead atoms. The van der Waals surface area contributed by atoms with E-state index < -0.39 is 6.55 Å². The van der Waals surface area contributed by atoms with E-state index in [1.54, 1.807) is 6.08 Å². The van der Waals surface area contributed by atoms with E-state index in [2.05, 4.69) is 15.2 Å². The fraction of sp³-hybridized carbons (Fsp3) is 0.750. The van der Waals surface area contributed by atoms with Crippen LogP contribution in [0.3, 0.4) is 0 Å². The number of nitrogens with zero attached hydrogens (tertiary/aromatic N) is 3. The molecule has 1 fully saturated rings. The monoisotopic (exact) mass is 327 g/mol. The number of allylic oxidation sites excluding steroid dienone is 1. The first-order valence-corrected chi connectivity index (χ1v) is 8.36. The molecule has 2 aliphatic heterocycles. The van der Waals surface area contributed by atoms with Crippen LogP contribution in [0.5, 0.6) is 0 Å². The summed E-state index contributed by atoms with van der Waals surface area (Å²) in [7, 11) is 0. The second-order valence-electron chi connectivity index (χ2n) is 6.27. The van der Waals surface area contributed by atoms with Crippen molar-refractivity contribution < 1.29 is 8.78 Å². The Morgan fingerprint density at radius 3 is 3.00 bits per heavy atom. The summed E-state index contributed by atoms with van der Waals surface area (Å²) in [6, 6.07) is 0. The molecule has 0 radical (unpaired) electrons. The Bertz CT molecular complexity index is 442. The molecule has 2 aliphatic rings. The standard InChI is InChI=1S/C16H27F2N5/c1-13(4-2-7-22-8-3-5-20-6-9-22)15(19)10-14-11-23(12-21-14)16(17)18/h10,12-13,16,19-20H,2-9,11H2,1H3/b14-10+,19-15?. The van der Waals surface area contributed by atoms with E-state index in [9.17, 15) is 8.78 Å². The first-order chi connectivity index (χ1) is 11.1. The summed E-state index contributed by atoms with van der Waals surface area (Å²) in [4.78, 5) is 7.29. The van der Waals surface area contributed by atoms with Gasteiger partial charge in [-0.15, -0.1) is 0 Å². The van der Waals surface area contributed by atoms with Crippen LogP contribution in [0.15, 0.2) is 16.8 Å². The smallest absolute Gasteiger partial charge is 0.315 e. The number of aliphatic imine (C=N–C) groups is 1. The molecule has 2 rings (SSSR count). The minimum atomic E-state index is -2.53. The minimum Gasteiger partial charge on any atom is -0.315 e. The van der Waals surface area contributed by atoms with E-state index in [1.807, 2.05) is 6.92 Å². The second kappa shape index (κ2) is 9.08. The van der Waals surface area contributed by atoms with Gasteiger partial charge in [0.1, 0.15) is 0 Å². The van der Waals surface area contributed by atoms with E-state index in [1.165, 1.54) is 6.42 Å². The summed E-state index contributed by atoms with van der Waals surface area (Å²) in [5, 5.41) is 11.5. The van der Waals surface area contributed by atoms with Crippen LogP contribution in [0, 0.1) is 11.3 Å². The van der Waals surface area contributed by atoms with Gasteiger partial charge in [0.05, 0.1) is 18.6 Å². The van der Waals surface area contributed by atoms with E-state index in [0.717, 1.165) is 56.8 Å². The third-order valence-electron chi connectivity index (χ3n) is 4.36. The number of halogens is 2. The van der Waals surface area contributed by atoms with Crippen LogP contribution in [0.2, 0.25) is 0 Å². The normalized spacial score (nSPS) is 22.8. The highest BCUT2D eigenvalue weighted by molar-refractivity contribution is 5.95. The molecular weight excluding hydrogens is 300 g/mol. The van der Waals surface area contributed by atoms with Crippen molar-refractivity contribution in [3.8, 4) is 0 Å². The Morgan fingerprint density at radius 2 is 2.26 bits per heavy atom. The Hall–Kier alpha value is -1.34. The van der Waals surface area contributed by atoms with Gasteiger partial charge in [-0.25, -0.2) is 4.99 Å². The summed E-state index contributed by atoms with van der Waals surface area (Å²) in [5.74, 6) is 0.128. The van der Waals surface area contributed by atoms with Gasteiger partial charge in [-0.05, 0) is 50.9 Å². The molecule has 0 aromatic rings. The van der Waals surface area contributed by atoms with Gasteiger partial charge in [0.15, 0.2) is 0 Å². The van der Waals surface area contributed by atoms with E-state index in [4.69, 9.17) is 5.41 Å². The maximum Gasteiger partial charge on any atom is 0.316 e. The van der Waals surface area contributed by atoms with E-state index in [-0.39, 0.29) is 12.5 Å². The average molecular weight is 327 g/mol. The van der Waals surface area contributed by atoms with Crippen molar-refractivity contribution in [1.29, 1.82) is 5.41 Å². The summed E-state index contributed by atoms with van der Waals surface area (Å²) in [5.41, 5.74) is 1.02. The lowest BCUT2D eigenvalue weighted by Gasteiger charge is -2.20. The van der Waals surface area contributed by atoms with Crippen LogP contribution < -0.4 is 5.32 Å². The van der Waals surface area contributed by atoms with Gasteiger partial charge in [0.25, 0.3) is 0 Å². The van der Waals surface area contributed by atoms with Crippen molar-refractivity contribution in [3.05, 3.63) is 11.8 Å². The highest BCUT2D eigenvalue weighted by atomic mass is 19.3. The van der Waals surface area contributed by atoms with Gasteiger partial charge >= 0.3 is 6.55 Å². The highest BCUT2D eigenvalue weighted by Crippen LogP contribution is 2.16. The third kappa shape index (κ3) is 5.99. The Morgan fingerprint density at radius 1 is 1.43 bits per heavy atom. The van der Waals surface area contributed by atoms with Gasteiger partial charge in [0, 0.05) is 18.8 Å². The summed E-state index contributed by atoms with van der Waals surface area (Å²) in [6.45, 7) is 5.03. The number of nitrogens with one attached hydrogen (secondary N) is 2. The van der Waals surface area contributed by atoms with E-state index in [0.29, 0.717) is 11.4 Å². The first-order valence-electron chi connectivity index (χ1n) is 8.36. The van der Waals surface area contributed by atoms with Crippen LogP contribution >= 0.6 is 0 Å². The van der Waals surface area contributed by atoms with Gasteiger partial charge in [-0.3, -0.25) is 0 Å². The molecule has 0 spiro atoms. The fourth-order valence-corrected chi connectivity index (χ4v) is 2.84. The predicted octanol–water partition coefficient (Wildman–Crippen LogP) is 2.17. The first kappa shape index (κ1) is 18.0. The molecule has 130 valence electrons. The Balaban J connectivity index is 1.70. The van der Waals surface area contributed by atoms with E-state index >= 15 is 0 Å². The molecule has 7 heteroatoms. The maximum atomic E-state index is 12.5. The van der Waals surface area contributed by atoms with Crippen molar-refractivity contribution in [2.45, 2.75) is 32.7 Å². The molecule has 1 saturated heterocycles. The number of hydrogen-bond donors (Lipinski definition) is 2. The summed E-state index contributed by atoms with van der Waals surface area (Å²) >= 11 is 0. The summed E-state index contributed by atoms with van der Waals surface area (Å²) in [6.07, 6.45) is 5.98. The molecule has 2 N–H and O–H groups in total. The predicted molar refractivity (Wildman–Crippen MR) is 89.3 cm³/mol. The fourth-order valence-electron chi connectivity index (χ4n) is 2.84. The Kier molecular flexibility index (Phi) is 7.11. The van der Waals surface area contributed by atoms with Crippen LogP contribution in [0.4, 0.5) is 8.78 Å². The molecule has 5 nitrogen and oxygen atoms in total. The molecule has 2 heterocycles. The summed E-state index contributed by atoms with van der Waals surface area (Å²) < 4.78 is 25.1. The lowest BCUT2D eigenvalue weighted by molar-refractivity contribution is 0.0337. The molecule has 0 saturated carbocycles. The molecule has 0 aromatic carbocycles. The van der Waals surface area contributed by atoms with Gasteiger partial charge in [-0.2, -0.15) is 8.78 Å². The number of hydrogen-bond acceptors (Lipinski definition) is 5. The number of alkyl halides is 2. The molecule has 0 aliphatic carbocycles. The zero-order valence-corrected chi connectivity index (χ0v) is 13.8. The van der Waals surface area contributed by atoms with Gasteiger partial charge < -0.3 is 20.5 Å². The topological polar surface area (TPSA) is 54.7 Å². The van der Waals surface area contributed by atoms with Crippen LogP contribution in [-0.4, -0.2) is 67.7 Å². The molecule has 1 unspecified atom stereocenters. The second-order valence-corrected chi connectivity index (χ2v) is 6.27. The quantitative estimate of drug-likeness (QED) is 0.557. The van der Waals surface area contributed by atoms with Crippen molar-refractivity contribution >= 4 is 12.1 Å². The van der Waals surface area contributed by atoms with Crippen molar-refractivity contribution in [1.82, 2.24) is 15.1 Å². The van der Waals surface area contributed by atoms with Crippen LogP contribution in [-0.2, 0) is 0 Å². The Labute approximate surface area is 136 Å². The van der Waals surface area contributed by atoms with Gasteiger partial charge in [-0.1, -0.05) is 6.92 Å². The minimum absolute atomic E-state index is 0.0908. The molecule has 0 aromatic heterocycles. The zero-order chi connectivity index (χ0) is 16.7. The van der Waals surface area contributed by atoms with Gasteiger partial charge in [0.2, 0.25) is 0 Å². The van der Waals surface area contributed by atoms with Crippen LogP contribution in [0.25, 0.3) is 0 Å².